The molecule has 0 bridgehead atoms. The van der Waals surface area contributed by atoms with Crippen LogP contribution in [-0.4, -0.2) is 41.1 Å². The summed E-state index contributed by atoms with van der Waals surface area (Å²) in [4.78, 5) is 17.5. The van der Waals surface area contributed by atoms with Gasteiger partial charge in [0.2, 0.25) is 5.95 Å². The van der Waals surface area contributed by atoms with Gasteiger partial charge in [0.1, 0.15) is 11.6 Å². The zero-order valence-corrected chi connectivity index (χ0v) is 21.8. The van der Waals surface area contributed by atoms with Gasteiger partial charge in [-0.2, -0.15) is 31.3 Å². The summed E-state index contributed by atoms with van der Waals surface area (Å²) in [5, 5.41) is 3.18. The number of rotatable bonds is 4. The van der Waals surface area contributed by atoms with Crippen LogP contribution in [0, 0.1) is 0 Å². The summed E-state index contributed by atoms with van der Waals surface area (Å²) >= 11 is 0. The Labute approximate surface area is 228 Å². The van der Waals surface area contributed by atoms with Crippen molar-refractivity contribution >= 4 is 23.3 Å². The van der Waals surface area contributed by atoms with Crippen molar-refractivity contribution in [2.45, 2.75) is 57.3 Å². The number of anilines is 4. The van der Waals surface area contributed by atoms with E-state index in [0.29, 0.717) is 36.0 Å². The highest BCUT2D eigenvalue weighted by atomic mass is 19.4. The third kappa shape index (κ3) is 6.42. The number of pyridine rings is 1. The van der Waals surface area contributed by atoms with E-state index in [1.165, 1.54) is 30.8 Å². The molecule has 4 heterocycles. The molecule has 0 unspecified atom stereocenters. The monoisotopic (exact) mass is 564 g/mol. The van der Waals surface area contributed by atoms with E-state index in [1.54, 1.807) is 4.90 Å². The highest BCUT2D eigenvalue weighted by Gasteiger charge is 2.36. The molecule has 214 valence electrons. The summed E-state index contributed by atoms with van der Waals surface area (Å²) in [6, 6.07) is 6.99. The van der Waals surface area contributed by atoms with Crippen LogP contribution in [0.2, 0.25) is 0 Å². The molecule has 12 heteroatoms. The van der Waals surface area contributed by atoms with Crippen LogP contribution in [0.1, 0.15) is 54.5 Å². The Morgan fingerprint density at radius 2 is 1.38 bits per heavy atom. The Kier molecular flexibility index (Phi) is 8.04. The number of hydrogen-bond acceptors (Lipinski definition) is 6. The van der Waals surface area contributed by atoms with E-state index in [-0.39, 0.29) is 18.9 Å². The molecular weight excluding hydrogens is 534 g/mol. The lowest BCUT2D eigenvalue weighted by atomic mass is 10.1. The first-order valence-electron chi connectivity index (χ1n) is 13.5. The topological polar surface area (TPSA) is 57.2 Å². The quantitative estimate of drug-likeness (QED) is 0.344. The smallest absolute Gasteiger partial charge is 0.355 e. The van der Waals surface area contributed by atoms with Crippen molar-refractivity contribution in [2.75, 3.05) is 41.3 Å². The van der Waals surface area contributed by atoms with E-state index < -0.39 is 23.5 Å². The van der Waals surface area contributed by atoms with Crippen LogP contribution in [0.3, 0.4) is 0 Å². The minimum atomic E-state index is -4.55. The standard InChI is InChI=1S/C28H30F6N6/c29-27(30,31)19-8-10-20(11-9-19)36-24-21-12-17-39(25-22(28(32,33)34)7-6-14-35-25)18-13-23(21)37-26(38-24)40-15-4-2-1-3-5-16-40/h6-11,14H,1-5,12-13,15-18H2,(H,36,37,38). The van der Waals surface area contributed by atoms with E-state index in [9.17, 15) is 26.3 Å². The maximum Gasteiger partial charge on any atom is 0.419 e. The van der Waals surface area contributed by atoms with Crippen molar-refractivity contribution in [3.05, 3.63) is 65.0 Å². The first-order chi connectivity index (χ1) is 19.1. The van der Waals surface area contributed by atoms with Gasteiger partial charge in [0.25, 0.3) is 0 Å². The average Bonchev–Trinajstić information content (AvgIpc) is 3.11. The van der Waals surface area contributed by atoms with Gasteiger partial charge in [-0.15, -0.1) is 0 Å². The van der Waals surface area contributed by atoms with Crippen molar-refractivity contribution in [1.82, 2.24) is 15.0 Å². The van der Waals surface area contributed by atoms with Crippen LogP contribution in [0.5, 0.6) is 0 Å². The van der Waals surface area contributed by atoms with Gasteiger partial charge in [-0.25, -0.2) is 9.97 Å². The molecule has 1 fully saturated rings. The molecule has 5 rings (SSSR count). The summed E-state index contributed by atoms with van der Waals surface area (Å²) in [5.74, 6) is 0.857. The number of aromatic nitrogens is 3. The summed E-state index contributed by atoms with van der Waals surface area (Å²) in [5.41, 5.74) is 0.331. The predicted octanol–water partition coefficient (Wildman–Crippen LogP) is 7.03. The molecule has 2 aliphatic rings. The third-order valence-electron chi connectivity index (χ3n) is 7.34. The minimum Gasteiger partial charge on any atom is -0.355 e. The molecule has 0 radical (unpaired) electrons. The highest BCUT2D eigenvalue weighted by molar-refractivity contribution is 5.63. The lowest BCUT2D eigenvalue weighted by molar-refractivity contribution is -0.138. The Hall–Kier alpha value is -3.57. The van der Waals surface area contributed by atoms with E-state index in [0.717, 1.165) is 62.5 Å². The molecule has 0 saturated carbocycles. The van der Waals surface area contributed by atoms with Crippen LogP contribution in [0.4, 0.5) is 49.6 Å². The molecule has 0 amide bonds. The SMILES string of the molecule is FC(F)(F)c1ccc(Nc2nc(N3CCCCCCC3)nc3c2CCN(c2ncccc2C(F)(F)F)CC3)cc1. The van der Waals surface area contributed by atoms with Gasteiger partial charge in [0, 0.05) is 50.0 Å². The van der Waals surface area contributed by atoms with Gasteiger partial charge in [-0.3, -0.25) is 0 Å². The third-order valence-corrected chi connectivity index (χ3v) is 7.34. The number of fused-ring (bicyclic) bond motifs is 1. The van der Waals surface area contributed by atoms with E-state index >= 15 is 0 Å². The number of alkyl halides is 6. The van der Waals surface area contributed by atoms with Gasteiger partial charge in [0.15, 0.2) is 0 Å². The van der Waals surface area contributed by atoms with E-state index in [1.807, 2.05) is 0 Å². The summed E-state index contributed by atoms with van der Waals surface area (Å²) < 4.78 is 80.4. The molecule has 3 aromatic rings. The summed E-state index contributed by atoms with van der Waals surface area (Å²) in [7, 11) is 0. The zero-order chi connectivity index (χ0) is 28.3. The van der Waals surface area contributed by atoms with Crippen LogP contribution in [-0.2, 0) is 25.2 Å². The number of nitrogens with zero attached hydrogens (tertiary/aromatic N) is 5. The van der Waals surface area contributed by atoms with Gasteiger partial charge in [-0.1, -0.05) is 19.3 Å². The Balaban J connectivity index is 1.48. The second kappa shape index (κ2) is 11.5. The normalized spacial score (nSPS) is 17.1. The maximum atomic E-state index is 13.7. The van der Waals surface area contributed by atoms with Crippen molar-refractivity contribution in [3.63, 3.8) is 0 Å². The van der Waals surface area contributed by atoms with Crippen molar-refractivity contribution in [1.29, 1.82) is 0 Å². The highest BCUT2D eigenvalue weighted by Crippen LogP contribution is 2.37. The predicted molar refractivity (Wildman–Crippen MR) is 141 cm³/mol. The summed E-state index contributed by atoms with van der Waals surface area (Å²) in [6.07, 6.45) is -1.55. The van der Waals surface area contributed by atoms with Crippen LogP contribution < -0.4 is 15.1 Å². The number of nitrogens with one attached hydrogen (secondary N) is 1. The van der Waals surface area contributed by atoms with Crippen molar-refractivity contribution in [2.24, 2.45) is 0 Å². The number of hydrogen-bond donors (Lipinski definition) is 1. The molecule has 0 spiro atoms. The molecule has 1 saturated heterocycles. The van der Waals surface area contributed by atoms with Crippen LogP contribution in [0.15, 0.2) is 42.6 Å². The van der Waals surface area contributed by atoms with Gasteiger partial charge >= 0.3 is 12.4 Å². The van der Waals surface area contributed by atoms with Gasteiger partial charge in [0.05, 0.1) is 16.8 Å². The first-order valence-corrected chi connectivity index (χ1v) is 13.5. The molecule has 2 aromatic heterocycles. The average molecular weight is 565 g/mol. The second-order valence-corrected chi connectivity index (χ2v) is 10.1. The molecular formula is C28H30F6N6. The molecule has 6 nitrogen and oxygen atoms in total. The van der Waals surface area contributed by atoms with Gasteiger partial charge in [-0.05, 0) is 55.7 Å². The first kappa shape index (κ1) is 28.0. The van der Waals surface area contributed by atoms with Crippen molar-refractivity contribution < 1.29 is 26.3 Å². The maximum absolute atomic E-state index is 13.7. The summed E-state index contributed by atoms with van der Waals surface area (Å²) in [6.45, 7) is 2.10. The molecule has 0 aliphatic carbocycles. The Morgan fingerprint density at radius 3 is 2.05 bits per heavy atom. The van der Waals surface area contributed by atoms with Crippen LogP contribution >= 0.6 is 0 Å². The fraction of sp³-hybridized carbons (Fsp3) is 0.464. The Bertz CT molecular complexity index is 1300. The fourth-order valence-electron chi connectivity index (χ4n) is 5.24. The Morgan fingerprint density at radius 1 is 0.700 bits per heavy atom. The molecule has 1 aromatic carbocycles. The lowest BCUT2D eigenvalue weighted by Gasteiger charge is -2.26. The van der Waals surface area contributed by atoms with E-state index in [4.69, 9.17) is 9.97 Å². The van der Waals surface area contributed by atoms with Crippen molar-refractivity contribution in [3.8, 4) is 0 Å². The largest absolute Gasteiger partial charge is 0.419 e. The minimum absolute atomic E-state index is 0.128. The molecule has 1 N–H and O–H groups in total. The number of halogens is 6. The molecule has 40 heavy (non-hydrogen) atoms. The zero-order valence-electron chi connectivity index (χ0n) is 21.8. The number of benzene rings is 1. The van der Waals surface area contributed by atoms with E-state index in [2.05, 4.69) is 15.2 Å². The fourth-order valence-corrected chi connectivity index (χ4v) is 5.24. The van der Waals surface area contributed by atoms with Gasteiger partial charge < -0.3 is 15.1 Å². The second-order valence-electron chi connectivity index (χ2n) is 10.1. The molecule has 0 atom stereocenters. The van der Waals surface area contributed by atoms with Crippen LogP contribution in [0.25, 0.3) is 0 Å². The molecule has 2 aliphatic heterocycles. The lowest BCUT2D eigenvalue weighted by Crippen LogP contribution is -2.30.